The number of hydrogen-bond acceptors (Lipinski definition) is 6. The van der Waals surface area contributed by atoms with E-state index >= 15 is 0 Å². The summed E-state index contributed by atoms with van der Waals surface area (Å²) in [6, 6.07) is 8.03. The highest BCUT2D eigenvalue weighted by atomic mass is 32.1. The van der Waals surface area contributed by atoms with Gasteiger partial charge in [0, 0.05) is 13.1 Å². The molecule has 1 aliphatic heterocycles. The molecule has 0 unspecified atom stereocenters. The number of esters is 1. The molecule has 0 spiro atoms. The first kappa shape index (κ1) is 23.9. The highest BCUT2D eigenvalue weighted by molar-refractivity contribution is 7.07. The molecular formula is C24H30N2O5S. The van der Waals surface area contributed by atoms with Crippen LogP contribution in [0.15, 0.2) is 29.1 Å². The normalized spacial score (nSPS) is 15.8. The van der Waals surface area contributed by atoms with Gasteiger partial charge in [-0.2, -0.15) is 0 Å². The van der Waals surface area contributed by atoms with E-state index in [9.17, 15) is 14.4 Å². The number of benzene rings is 1. The number of rotatable bonds is 5. The minimum atomic E-state index is -0.539. The van der Waals surface area contributed by atoms with Crippen molar-refractivity contribution in [2.24, 2.45) is 0 Å². The summed E-state index contributed by atoms with van der Waals surface area (Å²) in [5, 5.41) is 0. The molecule has 172 valence electrons. The molecule has 1 aliphatic rings. The van der Waals surface area contributed by atoms with Crippen molar-refractivity contribution < 1.29 is 19.1 Å². The van der Waals surface area contributed by atoms with Crippen molar-refractivity contribution in [3.8, 4) is 0 Å². The molecule has 0 saturated carbocycles. The first-order chi connectivity index (χ1) is 15.2. The van der Waals surface area contributed by atoms with Crippen LogP contribution in [0, 0.1) is 0 Å². The van der Waals surface area contributed by atoms with Crippen molar-refractivity contribution in [3.63, 3.8) is 0 Å². The summed E-state index contributed by atoms with van der Waals surface area (Å²) in [6.45, 7) is 10.2. The lowest BCUT2D eigenvalue weighted by Crippen LogP contribution is -2.45. The molecular weight excluding hydrogens is 428 g/mol. The average Bonchev–Trinajstić information content (AvgIpc) is 3.03. The summed E-state index contributed by atoms with van der Waals surface area (Å²) in [6.07, 6.45) is 3.07. The first-order valence-electron chi connectivity index (χ1n) is 10.7. The highest BCUT2D eigenvalue weighted by Crippen LogP contribution is 2.22. The lowest BCUT2D eigenvalue weighted by Gasteiger charge is -2.26. The van der Waals surface area contributed by atoms with E-state index in [1.807, 2.05) is 24.3 Å². The third-order valence-electron chi connectivity index (χ3n) is 5.20. The van der Waals surface area contributed by atoms with Crippen LogP contribution in [0.5, 0.6) is 0 Å². The van der Waals surface area contributed by atoms with E-state index in [4.69, 9.17) is 9.47 Å². The molecule has 0 atom stereocenters. The van der Waals surface area contributed by atoms with Crippen LogP contribution in [-0.4, -0.2) is 54.3 Å². The van der Waals surface area contributed by atoms with Gasteiger partial charge in [-0.3, -0.25) is 14.2 Å². The fourth-order valence-corrected chi connectivity index (χ4v) is 4.39. The minimum absolute atomic E-state index is 0.0375. The van der Waals surface area contributed by atoms with Gasteiger partial charge in [0.05, 0.1) is 30.4 Å². The number of nitrogens with zero attached hydrogens (tertiary/aromatic N) is 2. The van der Waals surface area contributed by atoms with Gasteiger partial charge in [0.25, 0.3) is 5.56 Å². The molecule has 1 aromatic carbocycles. The fourth-order valence-electron chi connectivity index (χ4n) is 3.36. The van der Waals surface area contributed by atoms with E-state index in [0.717, 1.165) is 5.56 Å². The summed E-state index contributed by atoms with van der Waals surface area (Å²) in [7, 11) is 0. The lowest BCUT2D eigenvalue weighted by molar-refractivity contribution is -0.136. The lowest BCUT2D eigenvalue weighted by atomic mass is 9.87. The number of morpholine rings is 1. The molecule has 1 saturated heterocycles. The molecule has 1 fully saturated rings. The van der Waals surface area contributed by atoms with Crippen molar-refractivity contribution in [2.45, 2.75) is 39.7 Å². The number of amides is 1. The zero-order valence-corrected chi connectivity index (χ0v) is 19.9. The van der Waals surface area contributed by atoms with E-state index in [2.05, 4.69) is 20.8 Å². The molecule has 1 aromatic heterocycles. The number of ether oxygens (including phenoxy) is 2. The van der Waals surface area contributed by atoms with Crippen LogP contribution in [0.3, 0.4) is 0 Å². The van der Waals surface area contributed by atoms with Gasteiger partial charge >= 0.3 is 5.97 Å². The summed E-state index contributed by atoms with van der Waals surface area (Å²) in [5.74, 6) is -0.713. The molecule has 7 nitrogen and oxygen atoms in total. The summed E-state index contributed by atoms with van der Waals surface area (Å²) in [5.41, 5.74) is 1.82. The first-order valence-corrected chi connectivity index (χ1v) is 11.6. The molecule has 8 heteroatoms. The summed E-state index contributed by atoms with van der Waals surface area (Å²) in [4.78, 5) is 39.6. The predicted octanol–water partition coefficient (Wildman–Crippen LogP) is 1.24. The van der Waals surface area contributed by atoms with E-state index in [-0.39, 0.29) is 30.0 Å². The Morgan fingerprint density at radius 2 is 1.81 bits per heavy atom. The third-order valence-corrected chi connectivity index (χ3v) is 6.26. The van der Waals surface area contributed by atoms with Gasteiger partial charge in [-0.1, -0.05) is 45.0 Å². The second-order valence-corrected chi connectivity index (χ2v) is 9.66. The molecule has 1 amide bonds. The fraction of sp³-hybridized carbons (Fsp3) is 0.458. The number of hydrogen-bond donors (Lipinski definition) is 0. The van der Waals surface area contributed by atoms with Crippen LogP contribution in [0.25, 0.3) is 12.2 Å². The van der Waals surface area contributed by atoms with Crippen LogP contribution in [-0.2, 0) is 31.0 Å². The van der Waals surface area contributed by atoms with Crippen LogP contribution in [0.2, 0.25) is 0 Å². The molecule has 32 heavy (non-hydrogen) atoms. The van der Waals surface area contributed by atoms with E-state index < -0.39 is 5.97 Å². The standard InChI is InChI=1S/C24H30N2O5S/c1-5-31-22(28)15-21-26(16-20(27)25-10-12-30-13-11-25)23(29)19(32-21)14-17-6-8-18(9-7-17)24(2,3)4/h6-9,14-15H,5,10-13,16H2,1-4H3/b19-14-,21-15-. The smallest absolute Gasteiger partial charge is 0.333 e. The topological polar surface area (TPSA) is 77.8 Å². The van der Waals surface area contributed by atoms with Gasteiger partial charge in [-0.25, -0.2) is 4.79 Å². The molecule has 2 aromatic rings. The number of carbonyl (C=O) groups is 2. The van der Waals surface area contributed by atoms with Crippen molar-refractivity contribution in [3.05, 3.63) is 54.9 Å². The van der Waals surface area contributed by atoms with Gasteiger partial charge in [0.2, 0.25) is 5.91 Å². The second-order valence-electron chi connectivity index (χ2n) is 8.60. The van der Waals surface area contributed by atoms with Crippen molar-refractivity contribution in [1.82, 2.24) is 9.47 Å². The van der Waals surface area contributed by atoms with Crippen molar-refractivity contribution in [2.75, 3.05) is 32.9 Å². The van der Waals surface area contributed by atoms with Gasteiger partial charge in [0.15, 0.2) is 0 Å². The van der Waals surface area contributed by atoms with Gasteiger partial charge in [-0.05, 0) is 29.5 Å². The third kappa shape index (κ3) is 5.95. The predicted molar refractivity (Wildman–Crippen MR) is 125 cm³/mol. The molecule has 3 rings (SSSR count). The van der Waals surface area contributed by atoms with Crippen LogP contribution >= 0.6 is 11.3 Å². The minimum Gasteiger partial charge on any atom is -0.463 e. The van der Waals surface area contributed by atoms with Crippen LogP contribution < -0.4 is 14.8 Å². The van der Waals surface area contributed by atoms with Gasteiger partial charge < -0.3 is 14.4 Å². The maximum atomic E-state index is 13.2. The molecule has 0 radical (unpaired) electrons. The Kier molecular flexibility index (Phi) is 7.69. The largest absolute Gasteiger partial charge is 0.463 e. The average molecular weight is 459 g/mol. The Morgan fingerprint density at radius 3 is 2.41 bits per heavy atom. The number of aromatic nitrogens is 1. The Morgan fingerprint density at radius 1 is 1.16 bits per heavy atom. The summed E-state index contributed by atoms with van der Waals surface area (Å²) >= 11 is 1.18. The quantitative estimate of drug-likeness (QED) is 0.630. The highest BCUT2D eigenvalue weighted by Gasteiger charge is 2.19. The van der Waals surface area contributed by atoms with E-state index in [1.165, 1.54) is 27.5 Å². The van der Waals surface area contributed by atoms with Crippen LogP contribution in [0.1, 0.15) is 38.8 Å². The van der Waals surface area contributed by atoms with Crippen LogP contribution in [0.4, 0.5) is 0 Å². The Hall–Kier alpha value is -2.71. The zero-order valence-electron chi connectivity index (χ0n) is 19.1. The van der Waals surface area contributed by atoms with Crippen molar-refractivity contribution in [1.29, 1.82) is 0 Å². The Balaban J connectivity index is 2.00. The van der Waals surface area contributed by atoms with Gasteiger partial charge in [-0.15, -0.1) is 11.3 Å². The number of thiazole rings is 1. The Labute approximate surface area is 191 Å². The molecule has 2 heterocycles. The zero-order chi connectivity index (χ0) is 23.3. The number of carbonyl (C=O) groups excluding carboxylic acids is 2. The molecule has 0 N–H and O–H groups in total. The van der Waals surface area contributed by atoms with Crippen molar-refractivity contribution >= 4 is 35.4 Å². The maximum Gasteiger partial charge on any atom is 0.333 e. The maximum absolute atomic E-state index is 13.2. The summed E-state index contributed by atoms with van der Waals surface area (Å²) < 4.78 is 12.5. The second kappa shape index (κ2) is 10.3. The molecule has 0 bridgehead atoms. The Bertz CT molecular complexity index is 1130. The SMILES string of the molecule is CCOC(=O)/C=c1\s/c(=C\c2ccc(C(C)(C)C)cc2)c(=O)n1CC(=O)N1CCOCC1. The van der Waals surface area contributed by atoms with E-state index in [1.54, 1.807) is 17.9 Å². The molecule has 0 aliphatic carbocycles. The van der Waals surface area contributed by atoms with Gasteiger partial charge in [0.1, 0.15) is 11.2 Å². The monoisotopic (exact) mass is 458 g/mol. The van der Waals surface area contributed by atoms with E-state index in [0.29, 0.717) is 35.5 Å².